The standard InChI is InChI=1S/C19H23FN2/c1-5-17(14-22-11-7-6-10-21-4)12-15(2)18-8-9-19(20)16(3)13-18/h5-11,13-15H,1,12H2,2-4H3/b7-6-,17-14+,21-10-,22-11+. The van der Waals surface area contributed by atoms with Crippen LogP contribution in [0.4, 0.5) is 4.39 Å². The first kappa shape index (κ1) is 17.8. The van der Waals surface area contributed by atoms with Gasteiger partial charge in [0.05, 0.1) is 0 Å². The van der Waals surface area contributed by atoms with E-state index in [0.717, 1.165) is 17.6 Å². The van der Waals surface area contributed by atoms with Gasteiger partial charge in [-0.15, -0.1) is 0 Å². The molecule has 1 rings (SSSR count). The molecule has 0 aliphatic carbocycles. The number of hydrogen-bond acceptors (Lipinski definition) is 2. The van der Waals surface area contributed by atoms with Gasteiger partial charge < -0.3 is 0 Å². The number of benzene rings is 1. The predicted molar refractivity (Wildman–Crippen MR) is 94.5 cm³/mol. The van der Waals surface area contributed by atoms with Crippen LogP contribution in [0.1, 0.15) is 30.4 Å². The van der Waals surface area contributed by atoms with E-state index < -0.39 is 0 Å². The van der Waals surface area contributed by atoms with Gasteiger partial charge >= 0.3 is 0 Å². The fraction of sp³-hybridized carbons (Fsp3) is 0.263. The Bertz CT molecular complexity index is 610. The van der Waals surface area contributed by atoms with Gasteiger partial charge in [0, 0.05) is 25.7 Å². The highest BCUT2D eigenvalue weighted by Crippen LogP contribution is 2.25. The number of aryl methyl sites for hydroxylation is 1. The van der Waals surface area contributed by atoms with Gasteiger partial charge in [0.15, 0.2) is 0 Å². The molecule has 0 radical (unpaired) electrons. The zero-order chi connectivity index (χ0) is 16.4. The Morgan fingerprint density at radius 2 is 2.05 bits per heavy atom. The van der Waals surface area contributed by atoms with Crippen molar-refractivity contribution >= 4 is 12.4 Å². The zero-order valence-electron chi connectivity index (χ0n) is 13.5. The molecule has 0 aromatic heterocycles. The maximum absolute atomic E-state index is 13.3. The van der Waals surface area contributed by atoms with Crippen molar-refractivity contribution in [3.05, 3.63) is 71.7 Å². The third-order valence-electron chi connectivity index (χ3n) is 3.31. The Morgan fingerprint density at radius 1 is 1.32 bits per heavy atom. The largest absolute Gasteiger partial charge is 0.297 e. The molecular weight excluding hydrogens is 275 g/mol. The average molecular weight is 298 g/mol. The molecule has 2 nitrogen and oxygen atoms in total. The van der Waals surface area contributed by atoms with Gasteiger partial charge in [-0.1, -0.05) is 31.7 Å². The number of aliphatic imine (C=N–C) groups is 2. The van der Waals surface area contributed by atoms with Crippen LogP contribution in [0.5, 0.6) is 0 Å². The van der Waals surface area contributed by atoms with E-state index in [4.69, 9.17) is 0 Å². The van der Waals surface area contributed by atoms with Gasteiger partial charge in [-0.25, -0.2) is 4.39 Å². The topological polar surface area (TPSA) is 24.7 Å². The Hall–Kier alpha value is -2.29. The van der Waals surface area contributed by atoms with E-state index in [2.05, 4.69) is 23.5 Å². The fourth-order valence-electron chi connectivity index (χ4n) is 2.01. The molecule has 1 aromatic carbocycles. The maximum atomic E-state index is 13.3. The van der Waals surface area contributed by atoms with Crippen LogP contribution in [0.2, 0.25) is 0 Å². The summed E-state index contributed by atoms with van der Waals surface area (Å²) in [6.07, 6.45) is 11.5. The lowest BCUT2D eigenvalue weighted by molar-refractivity contribution is 0.616. The summed E-state index contributed by atoms with van der Waals surface area (Å²) in [5.74, 6) is 0.115. The third-order valence-corrected chi connectivity index (χ3v) is 3.31. The molecule has 0 heterocycles. The lowest BCUT2D eigenvalue weighted by Gasteiger charge is -2.13. The molecule has 0 bridgehead atoms. The summed E-state index contributed by atoms with van der Waals surface area (Å²) < 4.78 is 13.3. The highest BCUT2D eigenvalue weighted by Gasteiger charge is 2.08. The van der Waals surface area contributed by atoms with E-state index in [0.29, 0.717) is 5.56 Å². The first-order valence-corrected chi connectivity index (χ1v) is 7.26. The number of halogens is 1. The minimum atomic E-state index is -0.164. The van der Waals surface area contributed by atoms with Crippen molar-refractivity contribution < 1.29 is 4.39 Å². The average Bonchev–Trinajstić information content (AvgIpc) is 2.51. The Morgan fingerprint density at radius 3 is 2.68 bits per heavy atom. The van der Waals surface area contributed by atoms with Crippen molar-refractivity contribution in [2.75, 3.05) is 7.05 Å². The monoisotopic (exact) mass is 298 g/mol. The first-order valence-electron chi connectivity index (χ1n) is 7.26. The van der Waals surface area contributed by atoms with Crippen LogP contribution < -0.4 is 0 Å². The van der Waals surface area contributed by atoms with Crippen LogP contribution in [0, 0.1) is 12.7 Å². The molecule has 0 amide bonds. The van der Waals surface area contributed by atoms with Crippen LogP contribution >= 0.6 is 0 Å². The Labute approximate surface area is 132 Å². The van der Waals surface area contributed by atoms with Gasteiger partial charge in [0.1, 0.15) is 5.82 Å². The van der Waals surface area contributed by atoms with Crippen molar-refractivity contribution in [2.24, 2.45) is 9.98 Å². The molecule has 1 aromatic rings. The molecule has 0 N–H and O–H groups in total. The summed E-state index contributed by atoms with van der Waals surface area (Å²) in [4.78, 5) is 8.07. The van der Waals surface area contributed by atoms with E-state index in [9.17, 15) is 4.39 Å². The summed E-state index contributed by atoms with van der Waals surface area (Å²) in [7, 11) is 1.72. The molecule has 0 aliphatic heterocycles. The molecule has 0 saturated carbocycles. The lowest BCUT2D eigenvalue weighted by Crippen LogP contribution is -1.96. The summed E-state index contributed by atoms with van der Waals surface area (Å²) in [5.41, 5.74) is 2.84. The fourth-order valence-corrected chi connectivity index (χ4v) is 2.01. The second-order valence-electron chi connectivity index (χ2n) is 5.11. The first-order chi connectivity index (χ1) is 10.6. The van der Waals surface area contributed by atoms with Crippen molar-refractivity contribution in [3.63, 3.8) is 0 Å². The molecular formula is C19H23FN2. The highest BCUT2D eigenvalue weighted by molar-refractivity contribution is 5.81. The summed E-state index contributed by atoms with van der Waals surface area (Å²) in [6, 6.07) is 5.26. The second-order valence-corrected chi connectivity index (χ2v) is 5.11. The van der Waals surface area contributed by atoms with E-state index in [1.807, 2.05) is 24.3 Å². The molecule has 0 saturated heterocycles. The van der Waals surface area contributed by atoms with Gasteiger partial charge in [0.25, 0.3) is 0 Å². The van der Waals surface area contributed by atoms with Crippen LogP contribution in [0.25, 0.3) is 0 Å². The van der Waals surface area contributed by atoms with Gasteiger partial charge in [-0.3, -0.25) is 9.98 Å². The SMILES string of the molecule is C=C\C(=C/N=C/C=C\C=N/C)CC(C)c1ccc(F)c(C)c1. The summed E-state index contributed by atoms with van der Waals surface area (Å²) >= 11 is 0. The second kappa shape index (κ2) is 9.61. The van der Waals surface area contributed by atoms with Crippen molar-refractivity contribution in [3.8, 4) is 0 Å². The molecule has 0 fully saturated rings. The van der Waals surface area contributed by atoms with Gasteiger partial charge in [-0.05, 0) is 54.2 Å². The summed E-state index contributed by atoms with van der Waals surface area (Å²) in [6.45, 7) is 7.73. The minimum Gasteiger partial charge on any atom is -0.297 e. The Balaban J connectivity index is 2.72. The smallest absolute Gasteiger partial charge is 0.126 e. The quantitative estimate of drug-likeness (QED) is 0.498. The number of hydrogen-bond donors (Lipinski definition) is 0. The lowest BCUT2D eigenvalue weighted by atomic mass is 9.93. The third kappa shape index (κ3) is 6.00. The van der Waals surface area contributed by atoms with Crippen LogP contribution in [-0.2, 0) is 0 Å². The molecule has 22 heavy (non-hydrogen) atoms. The highest BCUT2D eigenvalue weighted by atomic mass is 19.1. The maximum Gasteiger partial charge on any atom is 0.126 e. The molecule has 116 valence electrons. The normalized spacial score (nSPS) is 14.3. The Kier molecular flexibility index (Phi) is 7.76. The molecule has 1 unspecified atom stereocenters. The van der Waals surface area contributed by atoms with Crippen LogP contribution in [-0.4, -0.2) is 19.5 Å². The summed E-state index contributed by atoms with van der Waals surface area (Å²) in [5, 5.41) is 0. The number of nitrogens with zero attached hydrogens (tertiary/aromatic N) is 2. The van der Waals surface area contributed by atoms with E-state index in [1.54, 1.807) is 38.7 Å². The number of allylic oxidation sites excluding steroid dienone is 4. The van der Waals surface area contributed by atoms with Gasteiger partial charge in [0.2, 0.25) is 0 Å². The van der Waals surface area contributed by atoms with Crippen molar-refractivity contribution in [2.45, 2.75) is 26.2 Å². The van der Waals surface area contributed by atoms with Crippen molar-refractivity contribution in [1.29, 1.82) is 0 Å². The predicted octanol–water partition coefficient (Wildman–Crippen LogP) is 5.03. The molecule has 0 spiro atoms. The van der Waals surface area contributed by atoms with Gasteiger partial charge in [-0.2, -0.15) is 0 Å². The van der Waals surface area contributed by atoms with Crippen LogP contribution in [0.3, 0.4) is 0 Å². The minimum absolute atomic E-state index is 0.164. The molecule has 0 aliphatic rings. The zero-order valence-corrected chi connectivity index (χ0v) is 13.5. The van der Waals surface area contributed by atoms with Crippen molar-refractivity contribution in [1.82, 2.24) is 0 Å². The van der Waals surface area contributed by atoms with Crippen LogP contribution in [0.15, 0.2) is 64.8 Å². The van der Waals surface area contributed by atoms with E-state index in [-0.39, 0.29) is 11.7 Å². The molecule has 1 atom stereocenters. The van der Waals surface area contributed by atoms with E-state index in [1.165, 1.54) is 6.07 Å². The number of rotatable bonds is 7. The van der Waals surface area contributed by atoms with E-state index >= 15 is 0 Å². The molecule has 3 heteroatoms.